The first-order chi connectivity index (χ1) is 6.79. The molecule has 1 aromatic rings. The van der Waals surface area contributed by atoms with Crippen LogP contribution in [0.3, 0.4) is 0 Å². The lowest BCUT2D eigenvalue weighted by Crippen LogP contribution is -2.38. The predicted molar refractivity (Wildman–Crippen MR) is 59.6 cm³/mol. The molecule has 2 nitrogen and oxygen atoms in total. The Morgan fingerprint density at radius 3 is 3.00 bits per heavy atom. The van der Waals surface area contributed by atoms with Crippen LogP contribution in [0.25, 0.3) is 0 Å². The summed E-state index contributed by atoms with van der Waals surface area (Å²) >= 11 is 0. The molecule has 0 aliphatic carbocycles. The van der Waals surface area contributed by atoms with E-state index in [4.69, 9.17) is 0 Å². The molecule has 1 atom stereocenters. The predicted octanol–water partition coefficient (Wildman–Crippen LogP) is 2.77. The summed E-state index contributed by atoms with van der Waals surface area (Å²) in [6.45, 7) is 5.61. The molecule has 0 radical (unpaired) electrons. The minimum atomic E-state index is 0.650. The van der Waals surface area contributed by atoms with Crippen LogP contribution in [-0.4, -0.2) is 17.6 Å². The third-order valence-electron chi connectivity index (χ3n) is 3.06. The maximum absolute atomic E-state index is 4.48. The number of aryl methyl sites for hydroxylation is 1. The lowest BCUT2D eigenvalue weighted by molar-refractivity contribution is 0.480. The number of anilines is 1. The van der Waals surface area contributed by atoms with E-state index in [-0.39, 0.29) is 0 Å². The Hall–Kier alpha value is -1.05. The van der Waals surface area contributed by atoms with Crippen molar-refractivity contribution >= 4 is 5.82 Å². The Morgan fingerprint density at radius 1 is 1.43 bits per heavy atom. The van der Waals surface area contributed by atoms with Gasteiger partial charge < -0.3 is 4.90 Å². The minimum Gasteiger partial charge on any atom is -0.354 e. The second-order valence-corrected chi connectivity index (χ2v) is 4.18. The van der Waals surface area contributed by atoms with Gasteiger partial charge in [0.15, 0.2) is 0 Å². The SMILES string of the molecule is Cc1cccnc1N1CCCCC1C. The average Bonchev–Trinajstić information content (AvgIpc) is 2.20. The van der Waals surface area contributed by atoms with E-state index in [9.17, 15) is 0 Å². The van der Waals surface area contributed by atoms with E-state index in [1.54, 1.807) is 0 Å². The molecule has 1 unspecified atom stereocenters. The number of rotatable bonds is 1. The topological polar surface area (TPSA) is 16.1 Å². The summed E-state index contributed by atoms with van der Waals surface area (Å²) < 4.78 is 0. The van der Waals surface area contributed by atoms with Crippen molar-refractivity contribution in [2.45, 2.75) is 39.2 Å². The summed E-state index contributed by atoms with van der Waals surface area (Å²) in [5.74, 6) is 1.18. The first kappa shape index (κ1) is 9.50. The molecule has 0 bridgehead atoms. The van der Waals surface area contributed by atoms with Crippen molar-refractivity contribution in [3.05, 3.63) is 23.9 Å². The van der Waals surface area contributed by atoms with Gasteiger partial charge in [0.2, 0.25) is 0 Å². The van der Waals surface area contributed by atoms with Crippen LogP contribution in [0, 0.1) is 6.92 Å². The Balaban J connectivity index is 2.25. The van der Waals surface area contributed by atoms with Crippen molar-refractivity contribution < 1.29 is 0 Å². The van der Waals surface area contributed by atoms with Gasteiger partial charge in [-0.3, -0.25) is 0 Å². The van der Waals surface area contributed by atoms with Gasteiger partial charge in [-0.25, -0.2) is 4.98 Å². The Bertz CT molecular complexity index is 309. The van der Waals surface area contributed by atoms with Crippen molar-refractivity contribution in [2.75, 3.05) is 11.4 Å². The molecule has 2 rings (SSSR count). The van der Waals surface area contributed by atoms with E-state index in [1.165, 1.54) is 37.2 Å². The maximum atomic E-state index is 4.48. The van der Waals surface area contributed by atoms with Gasteiger partial charge in [0.1, 0.15) is 5.82 Å². The molecule has 0 N–H and O–H groups in total. The zero-order valence-electron chi connectivity index (χ0n) is 9.03. The second-order valence-electron chi connectivity index (χ2n) is 4.18. The molecule has 1 saturated heterocycles. The molecule has 0 aromatic carbocycles. The Kier molecular flexibility index (Phi) is 2.71. The van der Waals surface area contributed by atoms with Crippen LogP contribution in [0.4, 0.5) is 5.82 Å². The molecule has 1 fully saturated rings. The third kappa shape index (κ3) is 1.74. The highest BCUT2D eigenvalue weighted by Gasteiger charge is 2.20. The van der Waals surface area contributed by atoms with Crippen LogP contribution in [0.5, 0.6) is 0 Å². The number of aromatic nitrogens is 1. The molecular formula is C12H18N2. The zero-order valence-corrected chi connectivity index (χ0v) is 9.03. The van der Waals surface area contributed by atoms with E-state index >= 15 is 0 Å². The molecule has 0 saturated carbocycles. The molecule has 0 amide bonds. The van der Waals surface area contributed by atoms with Crippen molar-refractivity contribution in [3.63, 3.8) is 0 Å². The van der Waals surface area contributed by atoms with Gasteiger partial charge in [-0.2, -0.15) is 0 Å². The molecule has 1 aliphatic heterocycles. The van der Waals surface area contributed by atoms with Gasteiger partial charge >= 0.3 is 0 Å². The summed E-state index contributed by atoms with van der Waals surface area (Å²) in [4.78, 5) is 6.92. The molecule has 76 valence electrons. The van der Waals surface area contributed by atoms with E-state index in [0.717, 1.165) is 0 Å². The molecule has 2 heteroatoms. The van der Waals surface area contributed by atoms with Crippen molar-refractivity contribution in [1.29, 1.82) is 0 Å². The van der Waals surface area contributed by atoms with Crippen LogP contribution < -0.4 is 4.90 Å². The van der Waals surface area contributed by atoms with Gasteiger partial charge in [-0.15, -0.1) is 0 Å². The van der Waals surface area contributed by atoms with E-state index in [2.05, 4.69) is 29.8 Å². The highest BCUT2D eigenvalue weighted by Crippen LogP contribution is 2.24. The fourth-order valence-electron chi connectivity index (χ4n) is 2.19. The van der Waals surface area contributed by atoms with Gasteiger partial charge in [0.25, 0.3) is 0 Å². The van der Waals surface area contributed by atoms with E-state index in [0.29, 0.717) is 6.04 Å². The number of hydrogen-bond donors (Lipinski definition) is 0. The van der Waals surface area contributed by atoms with Crippen molar-refractivity contribution in [2.24, 2.45) is 0 Å². The standard InChI is InChI=1S/C12H18N2/c1-10-6-5-8-13-12(10)14-9-4-3-7-11(14)2/h5-6,8,11H,3-4,7,9H2,1-2H3. The normalized spacial score (nSPS) is 22.4. The summed E-state index contributed by atoms with van der Waals surface area (Å²) in [5.41, 5.74) is 1.29. The van der Waals surface area contributed by atoms with E-state index < -0.39 is 0 Å². The zero-order chi connectivity index (χ0) is 9.97. The van der Waals surface area contributed by atoms with Gasteiger partial charge in [0, 0.05) is 18.8 Å². The fraction of sp³-hybridized carbons (Fsp3) is 0.583. The molecular weight excluding hydrogens is 172 g/mol. The van der Waals surface area contributed by atoms with Gasteiger partial charge in [-0.1, -0.05) is 6.07 Å². The van der Waals surface area contributed by atoms with Crippen LogP contribution >= 0.6 is 0 Å². The van der Waals surface area contributed by atoms with Crippen LogP contribution in [0.15, 0.2) is 18.3 Å². The minimum absolute atomic E-state index is 0.650. The Labute approximate surface area is 86.0 Å². The lowest BCUT2D eigenvalue weighted by atomic mass is 10.0. The number of hydrogen-bond acceptors (Lipinski definition) is 2. The van der Waals surface area contributed by atoms with Crippen LogP contribution in [-0.2, 0) is 0 Å². The molecule has 14 heavy (non-hydrogen) atoms. The highest BCUT2D eigenvalue weighted by atomic mass is 15.2. The summed E-state index contributed by atoms with van der Waals surface area (Å²) in [5, 5.41) is 0. The molecule has 1 aromatic heterocycles. The first-order valence-corrected chi connectivity index (χ1v) is 5.47. The molecule has 0 spiro atoms. The molecule has 1 aliphatic rings. The highest BCUT2D eigenvalue weighted by molar-refractivity contribution is 5.46. The van der Waals surface area contributed by atoms with Gasteiger partial charge in [0.05, 0.1) is 0 Å². The number of piperidine rings is 1. The third-order valence-corrected chi connectivity index (χ3v) is 3.06. The summed E-state index contributed by atoms with van der Waals surface area (Å²) in [6, 6.07) is 4.80. The van der Waals surface area contributed by atoms with Gasteiger partial charge in [-0.05, 0) is 44.7 Å². The average molecular weight is 190 g/mol. The maximum Gasteiger partial charge on any atom is 0.131 e. The summed E-state index contributed by atoms with van der Waals surface area (Å²) in [7, 11) is 0. The van der Waals surface area contributed by atoms with Crippen LogP contribution in [0.1, 0.15) is 31.7 Å². The first-order valence-electron chi connectivity index (χ1n) is 5.47. The van der Waals surface area contributed by atoms with Crippen molar-refractivity contribution in [3.8, 4) is 0 Å². The Morgan fingerprint density at radius 2 is 2.29 bits per heavy atom. The summed E-state index contributed by atoms with van der Waals surface area (Å²) in [6.07, 6.45) is 5.86. The van der Waals surface area contributed by atoms with Crippen molar-refractivity contribution in [1.82, 2.24) is 4.98 Å². The number of pyridine rings is 1. The fourth-order valence-corrected chi connectivity index (χ4v) is 2.19. The van der Waals surface area contributed by atoms with Crippen LogP contribution in [0.2, 0.25) is 0 Å². The number of nitrogens with zero attached hydrogens (tertiary/aromatic N) is 2. The lowest BCUT2D eigenvalue weighted by Gasteiger charge is -2.35. The smallest absolute Gasteiger partial charge is 0.131 e. The molecule has 2 heterocycles. The van der Waals surface area contributed by atoms with E-state index in [1.807, 2.05) is 12.3 Å². The monoisotopic (exact) mass is 190 g/mol. The second kappa shape index (κ2) is 3.99. The quantitative estimate of drug-likeness (QED) is 0.677. The largest absolute Gasteiger partial charge is 0.354 e.